The molecule has 5 heteroatoms. The second kappa shape index (κ2) is 10.6. The summed E-state index contributed by atoms with van der Waals surface area (Å²) in [6.45, 7) is 4.20. The Morgan fingerprint density at radius 1 is 0.906 bits per heavy atom. The van der Waals surface area contributed by atoms with Crippen molar-refractivity contribution in [3.63, 3.8) is 0 Å². The third-order valence-corrected chi connectivity index (χ3v) is 5.62. The van der Waals surface area contributed by atoms with Crippen molar-refractivity contribution in [3.05, 3.63) is 101 Å². The van der Waals surface area contributed by atoms with Gasteiger partial charge in [-0.3, -0.25) is 9.59 Å². The highest BCUT2D eigenvalue weighted by atomic mass is 16.5. The summed E-state index contributed by atoms with van der Waals surface area (Å²) in [6, 6.07) is 23.8. The van der Waals surface area contributed by atoms with Crippen LogP contribution in [0.1, 0.15) is 38.5 Å². The molecule has 0 spiro atoms. The predicted octanol–water partition coefficient (Wildman–Crippen LogP) is 4.33. The topological polar surface area (TPSA) is 58.6 Å². The summed E-state index contributed by atoms with van der Waals surface area (Å²) in [7, 11) is 3.21. The fourth-order valence-corrected chi connectivity index (χ4v) is 4.04. The maximum absolute atomic E-state index is 13.6. The quantitative estimate of drug-likeness (QED) is 0.579. The van der Waals surface area contributed by atoms with Gasteiger partial charge >= 0.3 is 0 Å². The van der Waals surface area contributed by atoms with E-state index in [-0.39, 0.29) is 24.3 Å². The lowest BCUT2D eigenvalue weighted by atomic mass is 9.90. The zero-order valence-corrected chi connectivity index (χ0v) is 19.1. The van der Waals surface area contributed by atoms with Crippen LogP contribution in [-0.4, -0.2) is 44.0 Å². The highest BCUT2D eigenvalue weighted by Gasteiger charge is 2.25. The lowest BCUT2D eigenvalue weighted by molar-refractivity contribution is -0.121. The average Bonchev–Trinajstić information content (AvgIpc) is 2.82. The normalized spacial score (nSPS) is 10.7. The number of hydrogen-bond acceptors (Lipinski definition) is 3. The number of amides is 2. The number of benzene rings is 3. The van der Waals surface area contributed by atoms with Crippen LogP contribution < -0.4 is 10.1 Å². The first kappa shape index (κ1) is 23.1. The van der Waals surface area contributed by atoms with E-state index in [0.717, 1.165) is 28.0 Å². The number of carbonyl (C=O) groups excluding carboxylic acids is 2. The lowest BCUT2D eigenvalue weighted by Crippen LogP contribution is -2.42. The van der Waals surface area contributed by atoms with Gasteiger partial charge < -0.3 is 15.0 Å². The number of ether oxygens (including phenoxy) is 1. The fourth-order valence-electron chi connectivity index (χ4n) is 4.04. The Kier molecular flexibility index (Phi) is 7.66. The molecule has 0 atom stereocenters. The molecule has 0 radical (unpaired) electrons. The molecule has 0 unspecified atom stereocenters. The van der Waals surface area contributed by atoms with Crippen LogP contribution in [0.25, 0.3) is 0 Å². The van der Waals surface area contributed by atoms with Gasteiger partial charge in [-0.05, 0) is 48.2 Å². The van der Waals surface area contributed by atoms with Gasteiger partial charge in [-0.2, -0.15) is 0 Å². The van der Waals surface area contributed by atoms with E-state index in [1.807, 2.05) is 62.4 Å². The summed E-state index contributed by atoms with van der Waals surface area (Å²) in [5, 5.41) is 2.64. The van der Waals surface area contributed by atoms with Gasteiger partial charge in [0.05, 0.1) is 13.7 Å². The molecule has 0 aliphatic heterocycles. The molecule has 0 aliphatic rings. The molecular weight excluding hydrogens is 400 g/mol. The molecule has 0 saturated heterocycles. The highest BCUT2D eigenvalue weighted by Crippen LogP contribution is 2.28. The van der Waals surface area contributed by atoms with Crippen molar-refractivity contribution >= 4 is 11.8 Å². The van der Waals surface area contributed by atoms with E-state index >= 15 is 0 Å². The zero-order chi connectivity index (χ0) is 23.1. The number of carbonyl (C=O) groups is 2. The standard InChI is InChI=1S/C27H30N2O3/c1-19-15-23(16-20(2)26(19)32-4)27(31)29(18-25(30)28-3)17-24(21-11-7-5-8-12-21)22-13-9-6-10-14-22/h5-16,24H,17-18H2,1-4H3,(H,28,30). The molecule has 3 aromatic rings. The molecule has 0 saturated carbocycles. The predicted molar refractivity (Wildman–Crippen MR) is 127 cm³/mol. The van der Waals surface area contributed by atoms with E-state index < -0.39 is 0 Å². The van der Waals surface area contributed by atoms with Crippen LogP contribution in [0.5, 0.6) is 5.75 Å². The molecule has 0 aliphatic carbocycles. The molecule has 0 fully saturated rings. The summed E-state index contributed by atoms with van der Waals surface area (Å²) in [5.41, 5.74) is 4.51. The second-order valence-corrected chi connectivity index (χ2v) is 7.88. The molecule has 1 N–H and O–H groups in total. The first-order chi connectivity index (χ1) is 15.4. The van der Waals surface area contributed by atoms with Gasteiger partial charge in [0.25, 0.3) is 5.91 Å². The van der Waals surface area contributed by atoms with Crippen LogP contribution in [-0.2, 0) is 4.79 Å². The molecule has 5 nitrogen and oxygen atoms in total. The molecule has 0 bridgehead atoms. The average molecular weight is 431 g/mol. The Hall–Kier alpha value is -3.60. The van der Waals surface area contributed by atoms with E-state index in [4.69, 9.17) is 4.74 Å². The molecule has 0 heterocycles. The number of nitrogens with zero attached hydrogens (tertiary/aromatic N) is 1. The number of methoxy groups -OCH3 is 1. The van der Waals surface area contributed by atoms with Gasteiger partial charge in [0.15, 0.2) is 0 Å². The van der Waals surface area contributed by atoms with Crippen molar-refractivity contribution in [1.82, 2.24) is 10.2 Å². The number of rotatable bonds is 8. The number of hydrogen-bond donors (Lipinski definition) is 1. The molecule has 3 aromatic carbocycles. The van der Waals surface area contributed by atoms with Crippen LogP contribution in [0.3, 0.4) is 0 Å². The summed E-state index contributed by atoms with van der Waals surface area (Å²) < 4.78 is 5.44. The van der Waals surface area contributed by atoms with Crippen molar-refractivity contribution in [3.8, 4) is 5.75 Å². The molecule has 3 rings (SSSR count). The van der Waals surface area contributed by atoms with Crippen LogP contribution in [0.2, 0.25) is 0 Å². The fraction of sp³-hybridized carbons (Fsp3) is 0.259. The van der Waals surface area contributed by atoms with Crippen LogP contribution in [0.4, 0.5) is 0 Å². The monoisotopic (exact) mass is 430 g/mol. The smallest absolute Gasteiger partial charge is 0.254 e. The first-order valence-corrected chi connectivity index (χ1v) is 10.7. The molecular formula is C27H30N2O3. The van der Waals surface area contributed by atoms with E-state index in [1.54, 1.807) is 19.1 Å². The van der Waals surface area contributed by atoms with Gasteiger partial charge in [0, 0.05) is 25.1 Å². The first-order valence-electron chi connectivity index (χ1n) is 10.7. The Labute approximate surface area is 190 Å². The summed E-state index contributed by atoms with van der Waals surface area (Å²) in [4.78, 5) is 27.6. The second-order valence-electron chi connectivity index (χ2n) is 7.88. The molecule has 0 aromatic heterocycles. The van der Waals surface area contributed by atoms with Crippen molar-refractivity contribution in [2.45, 2.75) is 19.8 Å². The SMILES string of the molecule is CNC(=O)CN(CC(c1ccccc1)c1ccccc1)C(=O)c1cc(C)c(OC)c(C)c1. The Morgan fingerprint density at radius 2 is 1.41 bits per heavy atom. The minimum Gasteiger partial charge on any atom is -0.496 e. The summed E-state index contributed by atoms with van der Waals surface area (Å²) in [6.07, 6.45) is 0. The minimum atomic E-state index is -0.208. The van der Waals surface area contributed by atoms with Crippen LogP contribution >= 0.6 is 0 Å². The zero-order valence-electron chi connectivity index (χ0n) is 19.1. The molecule has 166 valence electrons. The summed E-state index contributed by atoms with van der Waals surface area (Å²) in [5.74, 6) is 0.316. The maximum Gasteiger partial charge on any atom is 0.254 e. The Bertz CT molecular complexity index is 1000. The van der Waals surface area contributed by atoms with Gasteiger partial charge in [-0.25, -0.2) is 0 Å². The van der Waals surface area contributed by atoms with Gasteiger partial charge in [-0.1, -0.05) is 60.7 Å². The summed E-state index contributed by atoms with van der Waals surface area (Å²) >= 11 is 0. The van der Waals surface area contributed by atoms with E-state index in [9.17, 15) is 9.59 Å². The van der Waals surface area contributed by atoms with E-state index in [1.165, 1.54) is 0 Å². The van der Waals surface area contributed by atoms with Gasteiger partial charge in [-0.15, -0.1) is 0 Å². The maximum atomic E-state index is 13.6. The Balaban J connectivity index is 2.00. The van der Waals surface area contributed by atoms with Crippen molar-refractivity contribution in [2.75, 3.05) is 27.2 Å². The number of nitrogens with one attached hydrogen (secondary N) is 1. The van der Waals surface area contributed by atoms with Crippen LogP contribution in [0.15, 0.2) is 72.8 Å². The number of likely N-dealkylation sites (N-methyl/N-ethyl adjacent to an activating group) is 1. The van der Waals surface area contributed by atoms with Gasteiger partial charge in [0.2, 0.25) is 5.91 Å². The van der Waals surface area contributed by atoms with Crippen molar-refractivity contribution in [1.29, 1.82) is 0 Å². The molecule has 32 heavy (non-hydrogen) atoms. The van der Waals surface area contributed by atoms with Gasteiger partial charge in [0.1, 0.15) is 5.75 Å². The Morgan fingerprint density at radius 3 is 1.84 bits per heavy atom. The van der Waals surface area contributed by atoms with E-state index in [2.05, 4.69) is 29.6 Å². The molecule has 2 amide bonds. The highest BCUT2D eigenvalue weighted by molar-refractivity contribution is 5.97. The van der Waals surface area contributed by atoms with Crippen LogP contribution in [0, 0.1) is 13.8 Å². The number of aryl methyl sites for hydroxylation is 2. The lowest BCUT2D eigenvalue weighted by Gasteiger charge is -2.28. The third kappa shape index (κ3) is 5.35. The largest absolute Gasteiger partial charge is 0.496 e. The third-order valence-electron chi connectivity index (χ3n) is 5.62. The van der Waals surface area contributed by atoms with Crippen molar-refractivity contribution < 1.29 is 14.3 Å². The van der Waals surface area contributed by atoms with E-state index in [0.29, 0.717) is 12.1 Å². The minimum absolute atomic E-state index is 0.0182. The van der Waals surface area contributed by atoms with Crippen molar-refractivity contribution in [2.24, 2.45) is 0 Å².